The van der Waals surface area contributed by atoms with Crippen molar-refractivity contribution in [2.24, 2.45) is 27.6 Å². The molecule has 0 spiro atoms. The van der Waals surface area contributed by atoms with E-state index in [9.17, 15) is 0 Å². The van der Waals surface area contributed by atoms with E-state index in [1.54, 1.807) is 12.1 Å². The molecule has 0 unspecified atom stereocenters. The highest BCUT2D eigenvalue weighted by Crippen LogP contribution is 2.25. The predicted octanol–water partition coefficient (Wildman–Crippen LogP) is 2.07. The third-order valence-electron chi connectivity index (χ3n) is 1.91. The first-order valence-corrected chi connectivity index (χ1v) is 6.84. The van der Waals surface area contributed by atoms with Crippen molar-refractivity contribution in [3.63, 3.8) is 0 Å². The molecule has 0 aromatic heterocycles. The Hall–Kier alpha value is -2.28. The average Bonchev–Trinajstić information content (AvgIpc) is 2.36. The van der Waals surface area contributed by atoms with Crippen LogP contribution in [0.25, 0.3) is 0 Å². The molecule has 0 fully saturated rings. The molecule has 0 aliphatic carbocycles. The van der Waals surface area contributed by atoms with E-state index in [-0.39, 0.29) is 5.96 Å². The fraction of sp³-hybridized carbons (Fsp3) is 0.357. The second kappa shape index (κ2) is 10.4. The summed E-state index contributed by atoms with van der Waals surface area (Å²) in [5.74, 6) is 0.183. The summed E-state index contributed by atoms with van der Waals surface area (Å²) in [4.78, 5) is 9.00. The van der Waals surface area contributed by atoms with Gasteiger partial charge in [0, 0.05) is 6.92 Å². The summed E-state index contributed by atoms with van der Waals surface area (Å²) >= 11 is 6.08. The fourth-order valence-corrected chi connectivity index (χ4v) is 1.38. The van der Waals surface area contributed by atoms with Crippen LogP contribution in [0.4, 0.5) is 0 Å². The summed E-state index contributed by atoms with van der Waals surface area (Å²) in [6, 6.07) is 5.36. The molecule has 1 aromatic carbocycles. The van der Waals surface area contributed by atoms with E-state index in [1.165, 1.54) is 6.21 Å². The molecule has 7 nitrogen and oxygen atoms in total. The molecule has 1 aromatic rings. The monoisotopic (exact) mass is 328 g/mol. The molecular formula is C14H21ClN4O3. The topological polar surface area (TPSA) is 123 Å². The van der Waals surface area contributed by atoms with Gasteiger partial charge in [0.25, 0.3) is 5.97 Å². The molecule has 0 heterocycles. The average molecular weight is 329 g/mol. The molecule has 0 bridgehead atoms. The van der Waals surface area contributed by atoms with E-state index in [0.29, 0.717) is 23.3 Å². The lowest BCUT2D eigenvalue weighted by molar-refractivity contribution is -0.134. The van der Waals surface area contributed by atoms with Gasteiger partial charge in [0.1, 0.15) is 5.75 Å². The van der Waals surface area contributed by atoms with E-state index >= 15 is 0 Å². The Balaban J connectivity index is 0.000000980. The summed E-state index contributed by atoms with van der Waals surface area (Å²) < 4.78 is 5.55. The van der Waals surface area contributed by atoms with Crippen LogP contribution in [0.2, 0.25) is 5.02 Å². The van der Waals surface area contributed by atoms with Crippen molar-refractivity contribution in [3.8, 4) is 5.75 Å². The van der Waals surface area contributed by atoms with Gasteiger partial charge in [-0.05, 0) is 29.7 Å². The number of hydrogen-bond donors (Lipinski definition) is 3. The lowest BCUT2D eigenvalue weighted by Gasteiger charge is -2.10. The lowest BCUT2D eigenvalue weighted by atomic mass is 10.2. The molecule has 0 radical (unpaired) electrons. The Morgan fingerprint density at radius 3 is 2.50 bits per heavy atom. The normalized spacial score (nSPS) is 10.0. The number of hydrogen-bond acceptors (Lipinski definition) is 4. The largest absolute Gasteiger partial charge is 0.492 e. The number of carbonyl (C=O) groups is 1. The minimum Gasteiger partial charge on any atom is -0.492 e. The number of guanidine groups is 1. The molecule has 22 heavy (non-hydrogen) atoms. The number of nitrogens with zero attached hydrogens (tertiary/aromatic N) is 2. The molecule has 0 atom stereocenters. The summed E-state index contributed by atoms with van der Waals surface area (Å²) in [7, 11) is 0. The Kier molecular flexibility index (Phi) is 9.36. The van der Waals surface area contributed by atoms with Gasteiger partial charge in [-0.15, -0.1) is 5.10 Å². The number of ether oxygens (including phenoxy) is 1. The van der Waals surface area contributed by atoms with Gasteiger partial charge in [0.15, 0.2) is 0 Å². The quantitative estimate of drug-likeness (QED) is 0.433. The van der Waals surface area contributed by atoms with Crippen LogP contribution in [0.1, 0.15) is 26.3 Å². The fourth-order valence-electron chi connectivity index (χ4n) is 1.13. The van der Waals surface area contributed by atoms with Crippen LogP contribution in [-0.4, -0.2) is 29.9 Å². The molecule has 0 aliphatic heterocycles. The second-order valence-corrected chi connectivity index (χ2v) is 5.09. The first kappa shape index (κ1) is 19.7. The van der Waals surface area contributed by atoms with Gasteiger partial charge in [0.05, 0.1) is 17.8 Å². The summed E-state index contributed by atoms with van der Waals surface area (Å²) in [6.45, 7) is 5.86. The Labute approximate surface area is 134 Å². The predicted molar refractivity (Wildman–Crippen MR) is 88.5 cm³/mol. The number of nitrogens with two attached hydrogens (primary N) is 2. The second-order valence-electron chi connectivity index (χ2n) is 4.68. The Bertz CT molecular complexity index is 537. The van der Waals surface area contributed by atoms with Crippen molar-refractivity contribution >= 4 is 29.7 Å². The van der Waals surface area contributed by atoms with Crippen LogP contribution in [0, 0.1) is 5.92 Å². The molecule has 8 heteroatoms. The smallest absolute Gasteiger partial charge is 0.300 e. The maximum Gasteiger partial charge on any atom is 0.300 e. The maximum atomic E-state index is 9.00. The molecule has 5 N–H and O–H groups in total. The number of benzene rings is 1. The zero-order chi connectivity index (χ0) is 17.1. The zero-order valence-electron chi connectivity index (χ0n) is 12.8. The van der Waals surface area contributed by atoms with E-state index in [1.807, 2.05) is 6.07 Å². The van der Waals surface area contributed by atoms with E-state index in [0.717, 1.165) is 12.5 Å². The third kappa shape index (κ3) is 10.5. The van der Waals surface area contributed by atoms with Crippen LogP contribution in [0.3, 0.4) is 0 Å². The van der Waals surface area contributed by atoms with Crippen molar-refractivity contribution < 1.29 is 14.6 Å². The standard InChI is InChI=1S/C12H17ClN4O.C2H4O2/c1-8(2)7-18-11-4-3-9(5-10(11)13)6-16-17-12(14)15;1-2(3)4/h3-6,8H,7H2,1-2H3,(H4,14,15,17);1H3,(H,3,4). The van der Waals surface area contributed by atoms with Crippen LogP contribution >= 0.6 is 11.6 Å². The molecule has 1 rings (SSSR count). The summed E-state index contributed by atoms with van der Waals surface area (Å²) in [5.41, 5.74) is 11.1. The third-order valence-corrected chi connectivity index (χ3v) is 2.20. The van der Waals surface area contributed by atoms with Gasteiger partial charge in [-0.25, -0.2) is 0 Å². The first-order chi connectivity index (χ1) is 10.2. The molecule has 0 amide bonds. The van der Waals surface area contributed by atoms with Crippen LogP contribution in [0.5, 0.6) is 5.75 Å². The highest BCUT2D eigenvalue weighted by atomic mass is 35.5. The number of carboxylic acid groups (broad SMARTS) is 1. The molecule has 0 saturated carbocycles. The SMILES string of the molecule is CC(=O)O.CC(C)COc1ccc(C=NN=C(N)N)cc1Cl. The molecule has 0 aliphatic rings. The van der Waals surface area contributed by atoms with Gasteiger partial charge in [-0.3, -0.25) is 4.79 Å². The van der Waals surface area contributed by atoms with Crippen LogP contribution in [0.15, 0.2) is 28.4 Å². The highest BCUT2D eigenvalue weighted by molar-refractivity contribution is 6.32. The van der Waals surface area contributed by atoms with Crippen LogP contribution < -0.4 is 16.2 Å². The van der Waals surface area contributed by atoms with Gasteiger partial charge in [-0.2, -0.15) is 5.10 Å². The Morgan fingerprint density at radius 1 is 1.45 bits per heavy atom. The molecular weight excluding hydrogens is 308 g/mol. The van der Waals surface area contributed by atoms with Gasteiger partial charge in [0.2, 0.25) is 5.96 Å². The highest BCUT2D eigenvalue weighted by Gasteiger charge is 2.03. The minimum absolute atomic E-state index is 0.0887. The van der Waals surface area contributed by atoms with E-state index < -0.39 is 5.97 Å². The Morgan fingerprint density at radius 2 is 2.05 bits per heavy atom. The van der Waals surface area contributed by atoms with Gasteiger partial charge >= 0.3 is 0 Å². The van der Waals surface area contributed by atoms with E-state index in [4.69, 9.17) is 37.7 Å². The van der Waals surface area contributed by atoms with Crippen molar-refractivity contribution in [2.45, 2.75) is 20.8 Å². The lowest BCUT2D eigenvalue weighted by Crippen LogP contribution is -2.21. The molecule has 0 saturated heterocycles. The zero-order valence-corrected chi connectivity index (χ0v) is 13.5. The maximum absolute atomic E-state index is 9.00. The number of halogens is 1. The first-order valence-electron chi connectivity index (χ1n) is 6.46. The van der Waals surface area contributed by atoms with Crippen molar-refractivity contribution in [1.29, 1.82) is 0 Å². The summed E-state index contributed by atoms with van der Waals surface area (Å²) in [5, 5.41) is 15.1. The van der Waals surface area contributed by atoms with Crippen molar-refractivity contribution in [3.05, 3.63) is 28.8 Å². The van der Waals surface area contributed by atoms with Gasteiger partial charge in [-0.1, -0.05) is 25.4 Å². The van der Waals surface area contributed by atoms with Crippen LogP contribution in [-0.2, 0) is 4.79 Å². The van der Waals surface area contributed by atoms with Gasteiger partial charge < -0.3 is 21.3 Å². The minimum atomic E-state index is -0.833. The van der Waals surface area contributed by atoms with Crippen molar-refractivity contribution in [2.75, 3.05) is 6.61 Å². The molecule has 122 valence electrons. The summed E-state index contributed by atoms with van der Waals surface area (Å²) in [6.07, 6.45) is 1.51. The number of rotatable bonds is 5. The number of aliphatic carboxylic acids is 1. The van der Waals surface area contributed by atoms with Crippen molar-refractivity contribution in [1.82, 2.24) is 0 Å². The van der Waals surface area contributed by atoms with E-state index in [2.05, 4.69) is 24.1 Å². The number of carboxylic acids is 1.